The molecular weight excluding hydrogens is 234 g/mol. The average Bonchev–Trinajstić information content (AvgIpc) is 2.29. The van der Waals surface area contributed by atoms with Gasteiger partial charge in [-0.2, -0.15) is 0 Å². The number of benzene rings is 1. The van der Waals surface area contributed by atoms with Crippen LogP contribution in [0.25, 0.3) is 0 Å². The van der Waals surface area contributed by atoms with E-state index in [-0.39, 0.29) is 11.9 Å². The summed E-state index contributed by atoms with van der Waals surface area (Å²) in [5.74, 6) is 0.170. The van der Waals surface area contributed by atoms with Gasteiger partial charge >= 0.3 is 0 Å². The molecule has 1 aromatic rings. The van der Waals surface area contributed by atoms with Crippen LogP contribution in [0.3, 0.4) is 0 Å². The summed E-state index contributed by atoms with van der Waals surface area (Å²) in [6.45, 7) is 6.17. The Labute approximate surface area is 109 Å². The lowest BCUT2D eigenvalue weighted by Gasteiger charge is -2.29. The van der Waals surface area contributed by atoms with Gasteiger partial charge in [-0.3, -0.25) is 4.79 Å². The van der Waals surface area contributed by atoms with E-state index in [2.05, 4.69) is 13.8 Å². The smallest absolute Gasteiger partial charge is 0.227 e. The number of carbonyl (C=O) groups excluding carboxylic acids is 1. The first-order chi connectivity index (χ1) is 8.10. The molecule has 1 aromatic carbocycles. The van der Waals surface area contributed by atoms with Gasteiger partial charge in [0, 0.05) is 23.2 Å². The molecule has 0 saturated carbocycles. The fraction of sp³-hybridized carbons (Fsp3) is 0.500. The molecule has 0 fully saturated rings. The van der Waals surface area contributed by atoms with Crippen LogP contribution in [-0.4, -0.2) is 11.9 Å². The van der Waals surface area contributed by atoms with Crippen LogP contribution in [0, 0.1) is 0 Å². The third kappa shape index (κ3) is 3.74. The molecule has 0 aromatic heterocycles. The van der Waals surface area contributed by atoms with Gasteiger partial charge in [-0.1, -0.05) is 31.5 Å². The maximum Gasteiger partial charge on any atom is 0.227 e. The average molecular weight is 254 g/mol. The zero-order valence-corrected chi connectivity index (χ0v) is 11.5. The molecule has 0 heterocycles. The molecule has 0 saturated heterocycles. The van der Waals surface area contributed by atoms with Crippen LogP contribution in [0.2, 0.25) is 5.02 Å². The van der Waals surface area contributed by atoms with E-state index >= 15 is 0 Å². The normalized spacial score (nSPS) is 12.2. The summed E-state index contributed by atoms with van der Waals surface area (Å²) < 4.78 is 0. The second-order valence-corrected chi connectivity index (χ2v) is 4.69. The lowest BCUT2D eigenvalue weighted by molar-refractivity contribution is -0.119. The van der Waals surface area contributed by atoms with Gasteiger partial charge in [-0.25, -0.2) is 0 Å². The number of anilines is 1. The molecule has 1 unspecified atom stereocenters. The van der Waals surface area contributed by atoms with Gasteiger partial charge in [0.1, 0.15) is 0 Å². The lowest BCUT2D eigenvalue weighted by Crippen LogP contribution is -2.38. The number of hydrogen-bond donors (Lipinski definition) is 0. The minimum atomic E-state index is 0.170. The van der Waals surface area contributed by atoms with Crippen LogP contribution >= 0.6 is 11.6 Å². The van der Waals surface area contributed by atoms with E-state index < -0.39 is 0 Å². The summed E-state index contributed by atoms with van der Waals surface area (Å²) in [7, 11) is 0. The minimum Gasteiger partial charge on any atom is -0.310 e. The summed E-state index contributed by atoms with van der Waals surface area (Å²) in [6, 6.07) is 7.69. The van der Waals surface area contributed by atoms with Gasteiger partial charge in [-0.15, -0.1) is 0 Å². The van der Waals surface area contributed by atoms with Crippen molar-refractivity contribution in [3.8, 4) is 0 Å². The highest BCUT2D eigenvalue weighted by Gasteiger charge is 2.19. The van der Waals surface area contributed by atoms with Crippen molar-refractivity contribution in [2.24, 2.45) is 0 Å². The quantitative estimate of drug-likeness (QED) is 0.767. The van der Waals surface area contributed by atoms with E-state index in [1.54, 1.807) is 0 Å². The maximum atomic E-state index is 12.1. The van der Waals surface area contributed by atoms with Crippen LogP contribution in [0.1, 0.15) is 40.0 Å². The van der Waals surface area contributed by atoms with E-state index in [0.29, 0.717) is 11.4 Å². The first kappa shape index (κ1) is 14.0. The fourth-order valence-electron chi connectivity index (χ4n) is 1.79. The highest BCUT2D eigenvalue weighted by atomic mass is 35.5. The predicted molar refractivity (Wildman–Crippen MR) is 73.6 cm³/mol. The summed E-state index contributed by atoms with van der Waals surface area (Å²) in [4.78, 5) is 14.0. The monoisotopic (exact) mass is 253 g/mol. The summed E-state index contributed by atoms with van der Waals surface area (Å²) in [5.41, 5.74) is 0.894. The number of nitrogens with zero attached hydrogens (tertiary/aromatic N) is 1. The van der Waals surface area contributed by atoms with Gasteiger partial charge in [0.15, 0.2) is 0 Å². The van der Waals surface area contributed by atoms with Crippen molar-refractivity contribution in [2.45, 2.75) is 46.1 Å². The number of carbonyl (C=O) groups is 1. The summed E-state index contributed by atoms with van der Waals surface area (Å²) >= 11 is 5.98. The van der Waals surface area contributed by atoms with Crippen molar-refractivity contribution in [3.05, 3.63) is 29.3 Å². The minimum absolute atomic E-state index is 0.170. The van der Waals surface area contributed by atoms with Crippen molar-refractivity contribution < 1.29 is 4.79 Å². The zero-order chi connectivity index (χ0) is 12.8. The highest BCUT2D eigenvalue weighted by molar-refractivity contribution is 6.30. The Hall–Kier alpha value is -1.02. The Balaban J connectivity index is 3.01. The van der Waals surface area contributed by atoms with Gasteiger partial charge in [0.05, 0.1) is 0 Å². The van der Waals surface area contributed by atoms with Crippen molar-refractivity contribution >= 4 is 23.2 Å². The van der Waals surface area contributed by atoms with Crippen molar-refractivity contribution in [1.82, 2.24) is 0 Å². The van der Waals surface area contributed by atoms with Crippen LogP contribution < -0.4 is 4.90 Å². The molecule has 1 amide bonds. The second-order valence-electron chi connectivity index (χ2n) is 4.25. The number of hydrogen-bond acceptors (Lipinski definition) is 1. The van der Waals surface area contributed by atoms with Gasteiger partial charge in [0.2, 0.25) is 5.91 Å². The van der Waals surface area contributed by atoms with E-state index in [9.17, 15) is 4.79 Å². The molecule has 1 rings (SSSR count). The van der Waals surface area contributed by atoms with Gasteiger partial charge < -0.3 is 4.90 Å². The van der Waals surface area contributed by atoms with Crippen LogP contribution in [-0.2, 0) is 4.79 Å². The fourth-order valence-corrected chi connectivity index (χ4v) is 1.97. The Bertz CT molecular complexity index is 378. The molecule has 2 nitrogen and oxygen atoms in total. The maximum absolute atomic E-state index is 12.1. The van der Waals surface area contributed by atoms with Gasteiger partial charge in [-0.05, 0) is 38.0 Å². The van der Waals surface area contributed by atoms with Gasteiger partial charge in [0.25, 0.3) is 0 Å². The molecule has 0 aliphatic heterocycles. The number of amides is 1. The molecule has 0 aliphatic carbocycles. The standard InChI is InChI=1S/C14H20ClNO/c1-4-7-14(17)16(11(3)5-2)13-9-6-8-12(15)10-13/h6,8-11H,4-5,7H2,1-3H3. The molecule has 0 radical (unpaired) electrons. The van der Waals surface area contributed by atoms with Crippen LogP contribution in [0.15, 0.2) is 24.3 Å². The Morgan fingerprint density at radius 3 is 2.65 bits per heavy atom. The third-order valence-electron chi connectivity index (χ3n) is 2.85. The van der Waals surface area contributed by atoms with Crippen LogP contribution in [0.5, 0.6) is 0 Å². The van der Waals surface area contributed by atoms with Crippen molar-refractivity contribution in [1.29, 1.82) is 0 Å². The topological polar surface area (TPSA) is 20.3 Å². The van der Waals surface area contributed by atoms with E-state index in [4.69, 9.17) is 11.6 Å². The van der Waals surface area contributed by atoms with Crippen LogP contribution in [0.4, 0.5) is 5.69 Å². The molecular formula is C14H20ClNO. The SMILES string of the molecule is CCCC(=O)N(c1cccc(Cl)c1)C(C)CC. The first-order valence-corrected chi connectivity index (χ1v) is 6.55. The Kier molecular flexibility index (Phi) is 5.49. The molecule has 17 heavy (non-hydrogen) atoms. The number of halogens is 1. The molecule has 0 aliphatic rings. The first-order valence-electron chi connectivity index (χ1n) is 6.17. The Morgan fingerprint density at radius 2 is 2.12 bits per heavy atom. The van der Waals surface area contributed by atoms with E-state index in [1.807, 2.05) is 36.1 Å². The Morgan fingerprint density at radius 1 is 1.41 bits per heavy atom. The van der Waals surface area contributed by atoms with Crippen molar-refractivity contribution in [3.63, 3.8) is 0 Å². The zero-order valence-electron chi connectivity index (χ0n) is 10.7. The number of rotatable bonds is 5. The molecule has 0 bridgehead atoms. The highest BCUT2D eigenvalue weighted by Crippen LogP contribution is 2.23. The van der Waals surface area contributed by atoms with Crippen molar-refractivity contribution in [2.75, 3.05) is 4.90 Å². The van der Waals surface area contributed by atoms with E-state index in [0.717, 1.165) is 18.5 Å². The summed E-state index contributed by atoms with van der Waals surface area (Å²) in [6.07, 6.45) is 2.38. The molecule has 0 N–H and O–H groups in total. The summed E-state index contributed by atoms with van der Waals surface area (Å²) in [5, 5.41) is 0.667. The molecule has 3 heteroatoms. The lowest BCUT2D eigenvalue weighted by atomic mass is 10.1. The molecule has 0 spiro atoms. The molecule has 1 atom stereocenters. The largest absolute Gasteiger partial charge is 0.310 e. The predicted octanol–water partition coefficient (Wildman–Crippen LogP) is 4.27. The molecule has 94 valence electrons. The third-order valence-corrected chi connectivity index (χ3v) is 3.09. The van der Waals surface area contributed by atoms with E-state index in [1.165, 1.54) is 0 Å². The second kappa shape index (κ2) is 6.65.